The molecule has 3 rings (SSSR count). The van der Waals surface area contributed by atoms with Gasteiger partial charge < -0.3 is 19.7 Å². The van der Waals surface area contributed by atoms with Crippen LogP contribution in [0.4, 0.5) is 11.9 Å². The Hall–Kier alpha value is -1.16. The van der Waals surface area contributed by atoms with Crippen LogP contribution in [-0.2, 0) is 9.47 Å². The molecular formula is C15H26N6O2S. The van der Waals surface area contributed by atoms with Crippen molar-refractivity contribution in [2.24, 2.45) is 0 Å². The molecule has 1 N–H and O–H groups in total. The smallest absolute Gasteiger partial charge is 0.231 e. The number of rotatable bonds is 7. The van der Waals surface area contributed by atoms with E-state index in [0.717, 1.165) is 82.6 Å². The quantitative estimate of drug-likeness (QED) is 0.707. The largest absolute Gasteiger partial charge is 0.379 e. The van der Waals surface area contributed by atoms with Gasteiger partial charge in [0.15, 0.2) is 5.16 Å². The summed E-state index contributed by atoms with van der Waals surface area (Å²) in [6, 6.07) is 0. The normalized spacial score (nSPS) is 19.5. The predicted molar refractivity (Wildman–Crippen MR) is 95.0 cm³/mol. The van der Waals surface area contributed by atoms with Crippen molar-refractivity contribution in [3.8, 4) is 0 Å². The number of nitrogens with zero attached hydrogens (tertiary/aromatic N) is 5. The van der Waals surface area contributed by atoms with Crippen molar-refractivity contribution < 1.29 is 9.47 Å². The van der Waals surface area contributed by atoms with Gasteiger partial charge in [-0.25, -0.2) is 0 Å². The van der Waals surface area contributed by atoms with E-state index in [1.165, 1.54) is 0 Å². The molecule has 0 saturated carbocycles. The average molecular weight is 354 g/mol. The number of nitrogens with one attached hydrogen (secondary N) is 1. The second kappa shape index (κ2) is 9.36. The molecule has 2 fully saturated rings. The minimum atomic E-state index is 0.655. The molecule has 2 aliphatic heterocycles. The van der Waals surface area contributed by atoms with Crippen molar-refractivity contribution in [2.75, 3.05) is 81.7 Å². The second-order valence-corrected chi connectivity index (χ2v) is 6.74. The van der Waals surface area contributed by atoms with Crippen molar-refractivity contribution in [3.63, 3.8) is 0 Å². The van der Waals surface area contributed by atoms with Crippen LogP contribution in [0.15, 0.2) is 5.16 Å². The van der Waals surface area contributed by atoms with Crippen LogP contribution in [-0.4, -0.2) is 91.3 Å². The lowest BCUT2D eigenvalue weighted by atomic mass is 10.4. The van der Waals surface area contributed by atoms with Crippen LogP contribution in [0, 0.1) is 0 Å². The molecule has 1 aromatic rings. The summed E-state index contributed by atoms with van der Waals surface area (Å²) >= 11 is 1.69. The van der Waals surface area contributed by atoms with Gasteiger partial charge in [0.05, 0.1) is 26.4 Å². The summed E-state index contributed by atoms with van der Waals surface area (Å²) in [5.41, 5.74) is 0. The highest BCUT2D eigenvalue weighted by Crippen LogP contribution is 2.19. The summed E-state index contributed by atoms with van der Waals surface area (Å²) < 4.78 is 10.8. The molecule has 1 aromatic heterocycles. The van der Waals surface area contributed by atoms with E-state index < -0.39 is 0 Å². The van der Waals surface area contributed by atoms with Crippen LogP contribution >= 0.6 is 11.8 Å². The van der Waals surface area contributed by atoms with E-state index >= 15 is 0 Å². The van der Waals surface area contributed by atoms with Crippen molar-refractivity contribution in [1.29, 1.82) is 0 Å². The Morgan fingerprint density at radius 2 is 1.71 bits per heavy atom. The van der Waals surface area contributed by atoms with Crippen molar-refractivity contribution in [2.45, 2.75) is 12.1 Å². The van der Waals surface area contributed by atoms with Crippen molar-refractivity contribution >= 4 is 23.7 Å². The minimum Gasteiger partial charge on any atom is -0.379 e. The zero-order valence-electron chi connectivity index (χ0n) is 14.2. The fourth-order valence-electron chi connectivity index (χ4n) is 2.64. The first-order valence-corrected chi connectivity index (χ1v) is 9.59. The SMILES string of the molecule is CCNc1nc(SCCN2CCOCC2)nc(N2CCOCC2)n1. The third kappa shape index (κ3) is 5.17. The topological polar surface area (TPSA) is 75.6 Å². The summed E-state index contributed by atoms with van der Waals surface area (Å²) in [7, 11) is 0. The molecular weight excluding hydrogens is 328 g/mol. The second-order valence-electron chi connectivity index (χ2n) is 5.67. The number of morpholine rings is 2. The molecule has 0 atom stereocenters. The molecule has 0 spiro atoms. The van der Waals surface area contributed by atoms with Crippen LogP contribution < -0.4 is 10.2 Å². The van der Waals surface area contributed by atoms with Gasteiger partial charge in [0, 0.05) is 45.0 Å². The summed E-state index contributed by atoms with van der Waals surface area (Å²) in [5.74, 6) is 2.37. The Balaban J connectivity index is 1.60. The van der Waals surface area contributed by atoms with Crippen LogP contribution in [0.25, 0.3) is 0 Å². The number of hydrogen-bond donors (Lipinski definition) is 1. The molecule has 9 heteroatoms. The van der Waals surface area contributed by atoms with Gasteiger partial charge in [-0.05, 0) is 6.92 Å². The maximum absolute atomic E-state index is 5.41. The number of anilines is 2. The van der Waals surface area contributed by atoms with Gasteiger partial charge in [0.2, 0.25) is 11.9 Å². The first-order valence-electron chi connectivity index (χ1n) is 8.60. The number of hydrogen-bond acceptors (Lipinski definition) is 9. The number of thioether (sulfide) groups is 1. The third-order valence-corrected chi connectivity index (χ3v) is 4.80. The highest BCUT2D eigenvalue weighted by Gasteiger charge is 2.17. The van der Waals surface area contributed by atoms with Gasteiger partial charge in [0.1, 0.15) is 0 Å². The molecule has 0 bridgehead atoms. The van der Waals surface area contributed by atoms with Crippen molar-refractivity contribution in [3.05, 3.63) is 0 Å². The van der Waals surface area contributed by atoms with Gasteiger partial charge in [-0.1, -0.05) is 11.8 Å². The lowest BCUT2D eigenvalue weighted by Gasteiger charge is -2.27. The van der Waals surface area contributed by atoms with E-state index in [1.807, 2.05) is 6.92 Å². The molecule has 2 aliphatic rings. The molecule has 0 aromatic carbocycles. The highest BCUT2D eigenvalue weighted by atomic mass is 32.2. The summed E-state index contributed by atoms with van der Waals surface area (Å²) in [6.45, 7) is 10.7. The monoisotopic (exact) mass is 354 g/mol. The molecule has 0 amide bonds. The maximum Gasteiger partial charge on any atom is 0.231 e. The summed E-state index contributed by atoms with van der Waals surface area (Å²) in [5, 5.41) is 3.99. The van der Waals surface area contributed by atoms with Gasteiger partial charge in [-0.15, -0.1) is 0 Å². The predicted octanol–water partition coefficient (Wildman–Crippen LogP) is 0.564. The lowest BCUT2D eigenvalue weighted by Crippen LogP contribution is -2.38. The van der Waals surface area contributed by atoms with Gasteiger partial charge in [-0.2, -0.15) is 15.0 Å². The van der Waals surface area contributed by atoms with Crippen LogP contribution in [0.5, 0.6) is 0 Å². The van der Waals surface area contributed by atoms with E-state index in [9.17, 15) is 0 Å². The van der Waals surface area contributed by atoms with Crippen LogP contribution in [0.1, 0.15) is 6.92 Å². The Morgan fingerprint density at radius 3 is 2.42 bits per heavy atom. The van der Waals surface area contributed by atoms with Crippen molar-refractivity contribution in [1.82, 2.24) is 19.9 Å². The summed E-state index contributed by atoms with van der Waals surface area (Å²) in [6.07, 6.45) is 0. The van der Waals surface area contributed by atoms with E-state index in [0.29, 0.717) is 5.95 Å². The molecule has 0 aliphatic carbocycles. The highest BCUT2D eigenvalue weighted by molar-refractivity contribution is 7.99. The molecule has 3 heterocycles. The molecule has 0 radical (unpaired) electrons. The molecule has 134 valence electrons. The standard InChI is InChI=1S/C15H26N6O2S/c1-2-16-13-17-14(21-5-10-23-11-6-21)19-15(18-13)24-12-7-20-3-8-22-9-4-20/h2-12H2,1H3,(H,16,17,18,19). The van der Waals surface area contributed by atoms with Crippen LogP contribution in [0.2, 0.25) is 0 Å². The fourth-order valence-corrected chi connectivity index (χ4v) is 3.47. The molecule has 8 nitrogen and oxygen atoms in total. The Kier molecular flexibility index (Phi) is 6.88. The van der Waals surface area contributed by atoms with E-state index in [1.54, 1.807) is 11.8 Å². The zero-order valence-corrected chi connectivity index (χ0v) is 15.1. The summed E-state index contributed by atoms with van der Waals surface area (Å²) in [4.78, 5) is 18.3. The van der Waals surface area contributed by atoms with E-state index in [-0.39, 0.29) is 0 Å². The van der Waals surface area contributed by atoms with Gasteiger partial charge in [0.25, 0.3) is 0 Å². The molecule has 24 heavy (non-hydrogen) atoms. The van der Waals surface area contributed by atoms with Crippen LogP contribution in [0.3, 0.4) is 0 Å². The Morgan fingerprint density at radius 1 is 1.00 bits per heavy atom. The maximum atomic E-state index is 5.41. The number of aromatic nitrogens is 3. The third-order valence-electron chi connectivity index (χ3n) is 3.97. The van der Waals surface area contributed by atoms with E-state index in [4.69, 9.17) is 9.47 Å². The van der Waals surface area contributed by atoms with Gasteiger partial charge >= 0.3 is 0 Å². The molecule has 2 saturated heterocycles. The zero-order chi connectivity index (χ0) is 16.6. The average Bonchev–Trinajstić information content (AvgIpc) is 2.63. The Bertz CT molecular complexity index is 509. The minimum absolute atomic E-state index is 0.655. The first-order chi connectivity index (χ1) is 11.8. The first kappa shape index (κ1) is 17.7. The van der Waals surface area contributed by atoms with Gasteiger partial charge in [-0.3, -0.25) is 4.90 Å². The molecule has 0 unspecified atom stereocenters. The number of ether oxygens (including phenoxy) is 2. The Labute approximate surface area is 147 Å². The lowest BCUT2D eigenvalue weighted by molar-refractivity contribution is 0.0410. The fraction of sp³-hybridized carbons (Fsp3) is 0.800. The van der Waals surface area contributed by atoms with E-state index in [2.05, 4.69) is 30.1 Å².